The standard InChI is InChI=1S/C24H24N6O.2ClH/c1-17-21(16-26-28-17)18-7-8-22-20(15-18)23(9-10-25-22)29-11-13-30(14-12-29)24(31)27-19-5-3-2-4-6-19;;/h2-10,15-16H,11-14H2,1H3,(H,26,28)(H,27,31);2*1H. The third-order valence-electron chi connectivity index (χ3n) is 5.79. The lowest BCUT2D eigenvalue weighted by Gasteiger charge is -2.36. The zero-order chi connectivity index (χ0) is 21.2. The number of amides is 2. The van der Waals surface area contributed by atoms with E-state index in [-0.39, 0.29) is 30.8 Å². The number of aromatic nitrogens is 3. The van der Waals surface area contributed by atoms with Crippen LogP contribution < -0.4 is 10.2 Å². The first-order chi connectivity index (χ1) is 15.2. The van der Waals surface area contributed by atoms with Gasteiger partial charge in [0.1, 0.15) is 0 Å². The van der Waals surface area contributed by atoms with E-state index in [1.54, 1.807) is 0 Å². The molecule has 2 N–H and O–H groups in total. The predicted molar refractivity (Wildman–Crippen MR) is 138 cm³/mol. The highest BCUT2D eigenvalue weighted by Crippen LogP contribution is 2.31. The van der Waals surface area contributed by atoms with Gasteiger partial charge in [0.05, 0.1) is 11.7 Å². The molecule has 0 saturated carbocycles. The minimum Gasteiger partial charge on any atom is -0.367 e. The van der Waals surface area contributed by atoms with Crippen LogP contribution in [-0.4, -0.2) is 52.3 Å². The van der Waals surface area contributed by atoms with Crippen molar-refractivity contribution in [3.8, 4) is 11.1 Å². The van der Waals surface area contributed by atoms with E-state index in [9.17, 15) is 4.79 Å². The van der Waals surface area contributed by atoms with Crippen molar-refractivity contribution in [3.05, 3.63) is 72.7 Å². The Morgan fingerprint density at radius 2 is 1.76 bits per heavy atom. The van der Waals surface area contributed by atoms with Crippen molar-refractivity contribution >= 4 is 53.1 Å². The van der Waals surface area contributed by atoms with E-state index in [1.807, 2.05) is 54.5 Å². The number of nitrogens with one attached hydrogen (secondary N) is 2. The van der Waals surface area contributed by atoms with Crippen molar-refractivity contribution in [2.24, 2.45) is 0 Å². The van der Waals surface area contributed by atoms with Gasteiger partial charge in [-0.1, -0.05) is 24.3 Å². The van der Waals surface area contributed by atoms with E-state index < -0.39 is 0 Å². The number of hydrogen-bond acceptors (Lipinski definition) is 4. The summed E-state index contributed by atoms with van der Waals surface area (Å²) in [5.41, 5.74) is 6.19. The van der Waals surface area contributed by atoms with Gasteiger partial charge in [-0.3, -0.25) is 10.1 Å². The van der Waals surface area contributed by atoms with Gasteiger partial charge in [0.15, 0.2) is 0 Å². The summed E-state index contributed by atoms with van der Waals surface area (Å²) in [5, 5.41) is 11.2. The van der Waals surface area contributed by atoms with Crippen molar-refractivity contribution < 1.29 is 4.79 Å². The summed E-state index contributed by atoms with van der Waals surface area (Å²) in [6.45, 7) is 4.91. The number of aryl methyl sites for hydroxylation is 1. The van der Waals surface area contributed by atoms with Gasteiger partial charge in [0.2, 0.25) is 0 Å². The van der Waals surface area contributed by atoms with Gasteiger partial charge in [0, 0.05) is 60.4 Å². The summed E-state index contributed by atoms with van der Waals surface area (Å²) in [7, 11) is 0. The highest BCUT2D eigenvalue weighted by molar-refractivity contribution is 5.95. The third-order valence-corrected chi connectivity index (χ3v) is 5.79. The fourth-order valence-electron chi connectivity index (χ4n) is 4.09. The molecule has 33 heavy (non-hydrogen) atoms. The van der Waals surface area contributed by atoms with E-state index in [2.05, 4.69) is 49.7 Å². The van der Waals surface area contributed by atoms with Gasteiger partial charge in [-0.2, -0.15) is 5.10 Å². The van der Waals surface area contributed by atoms with Crippen LogP contribution in [0.1, 0.15) is 5.69 Å². The molecule has 9 heteroatoms. The first-order valence-electron chi connectivity index (χ1n) is 10.4. The summed E-state index contributed by atoms with van der Waals surface area (Å²) >= 11 is 0. The number of anilines is 2. The van der Waals surface area contributed by atoms with Crippen molar-refractivity contribution in [1.82, 2.24) is 20.1 Å². The van der Waals surface area contributed by atoms with Crippen molar-refractivity contribution in [2.45, 2.75) is 6.92 Å². The first-order valence-corrected chi connectivity index (χ1v) is 10.4. The lowest BCUT2D eigenvalue weighted by atomic mass is 10.0. The van der Waals surface area contributed by atoms with Gasteiger partial charge in [-0.15, -0.1) is 24.8 Å². The Labute approximate surface area is 205 Å². The van der Waals surface area contributed by atoms with Gasteiger partial charge >= 0.3 is 6.03 Å². The molecule has 0 spiro atoms. The zero-order valence-corrected chi connectivity index (χ0v) is 19.8. The highest BCUT2D eigenvalue weighted by atomic mass is 35.5. The topological polar surface area (TPSA) is 77.2 Å². The summed E-state index contributed by atoms with van der Waals surface area (Å²) in [6.07, 6.45) is 3.71. The molecule has 4 aromatic rings. The molecule has 0 bridgehead atoms. The SMILES string of the molecule is Cc1[nH]ncc1-c1ccc2nccc(N3CCN(C(=O)Nc4ccccc4)CC3)c2c1.Cl.Cl. The number of H-pyrrole nitrogens is 1. The molecule has 2 aromatic carbocycles. The normalized spacial score (nSPS) is 13.2. The summed E-state index contributed by atoms with van der Waals surface area (Å²) in [4.78, 5) is 21.4. The molecule has 2 aromatic heterocycles. The van der Waals surface area contributed by atoms with Gasteiger partial charge in [-0.25, -0.2) is 4.79 Å². The Balaban J connectivity index is 0.00000153. The molecule has 0 radical (unpaired) electrons. The molecule has 172 valence electrons. The van der Waals surface area contributed by atoms with Gasteiger partial charge < -0.3 is 15.1 Å². The van der Waals surface area contributed by atoms with Crippen molar-refractivity contribution in [2.75, 3.05) is 36.4 Å². The number of para-hydroxylation sites is 1. The van der Waals surface area contributed by atoms with Crippen LogP contribution in [0.5, 0.6) is 0 Å². The summed E-state index contributed by atoms with van der Waals surface area (Å²) in [5.74, 6) is 0. The van der Waals surface area contributed by atoms with Crippen LogP contribution in [0.3, 0.4) is 0 Å². The minimum absolute atomic E-state index is 0. The second kappa shape index (κ2) is 10.6. The molecular formula is C24H26Cl2N6O. The summed E-state index contributed by atoms with van der Waals surface area (Å²) < 4.78 is 0. The second-order valence-corrected chi connectivity index (χ2v) is 7.74. The maximum absolute atomic E-state index is 12.6. The number of carbonyl (C=O) groups excluding carboxylic acids is 1. The number of pyridine rings is 1. The Morgan fingerprint density at radius 3 is 2.45 bits per heavy atom. The number of carbonyl (C=O) groups is 1. The maximum Gasteiger partial charge on any atom is 0.321 e. The molecule has 0 atom stereocenters. The molecule has 1 aliphatic rings. The number of nitrogens with zero attached hydrogens (tertiary/aromatic N) is 4. The molecule has 1 fully saturated rings. The molecule has 0 aliphatic carbocycles. The van der Waals surface area contributed by atoms with E-state index in [0.29, 0.717) is 13.1 Å². The average Bonchev–Trinajstić information content (AvgIpc) is 3.25. The van der Waals surface area contributed by atoms with E-state index in [0.717, 1.165) is 52.2 Å². The minimum atomic E-state index is -0.0526. The zero-order valence-electron chi connectivity index (χ0n) is 18.2. The van der Waals surface area contributed by atoms with E-state index in [1.165, 1.54) is 0 Å². The number of rotatable bonds is 3. The van der Waals surface area contributed by atoms with Crippen LogP contribution >= 0.6 is 24.8 Å². The van der Waals surface area contributed by atoms with E-state index in [4.69, 9.17) is 0 Å². The second-order valence-electron chi connectivity index (χ2n) is 7.74. The smallest absolute Gasteiger partial charge is 0.321 e. The Bertz CT molecular complexity index is 1220. The fourth-order valence-corrected chi connectivity index (χ4v) is 4.09. The van der Waals surface area contributed by atoms with Crippen molar-refractivity contribution in [1.29, 1.82) is 0 Å². The Kier molecular flexibility index (Phi) is 7.79. The number of benzene rings is 2. The van der Waals surface area contributed by atoms with Crippen molar-refractivity contribution in [3.63, 3.8) is 0 Å². The number of aromatic amines is 1. The van der Waals surface area contributed by atoms with Gasteiger partial charge in [0.25, 0.3) is 0 Å². The van der Waals surface area contributed by atoms with Gasteiger partial charge in [-0.05, 0) is 42.8 Å². The monoisotopic (exact) mass is 484 g/mol. The lowest BCUT2D eigenvalue weighted by Crippen LogP contribution is -2.50. The molecule has 7 nitrogen and oxygen atoms in total. The number of fused-ring (bicyclic) bond motifs is 1. The van der Waals surface area contributed by atoms with Crippen LogP contribution in [0, 0.1) is 6.92 Å². The highest BCUT2D eigenvalue weighted by Gasteiger charge is 2.22. The van der Waals surface area contributed by atoms with Crippen LogP contribution in [0.25, 0.3) is 22.0 Å². The predicted octanol–water partition coefficient (Wildman–Crippen LogP) is 5.13. The first kappa shape index (κ1) is 24.4. The number of urea groups is 1. The molecule has 1 saturated heterocycles. The third kappa shape index (κ3) is 5.05. The quantitative estimate of drug-likeness (QED) is 0.422. The van der Waals surface area contributed by atoms with Crippen LogP contribution in [0.15, 0.2) is 67.0 Å². The lowest BCUT2D eigenvalue weighted by molar-refractivity contribution is 0.208. The number of hydrogen-bond donors (Lipinski definition) is 2. The van der Waals surface area contributed by atoms with Crippen LogP contribution in [0.2, 0.25) is 0 Å². The number of piperazine rings is 1. The number of halogens is 2. The molecular weight excluding hydrogens is 459 g/mol. The fraction of sp³-hybridized carbons (Fsp3) is 0.208. The maximum atomic E-state index is 12.6. The molecule has 0 unspecified atom stereocenters. The van der Waals surface area contributed by atoms with Crippen LogP contribution in [0.4, 0.5) is 16.2 Å². The van der Waals surface area contributed by atoms with E-state index >= 15 is 0 Å². The molecule has 5 rings (SSSR count). The van der Waals surface area contributed by atoms with Crippen LogP contribution in [-0.2, 0) is 0 Å². The molecule has 2 amide bonds. The Morgan fingerprint density at radius 1 is 1.00 bits per heavy atom. The average molecular weight is 485 g/mol. The Hall–Kier alpha value is -3.29. The largest absolute Gasteiger partial charge is 0.367 e. The molecule has 3 heterocycles. The molecule has 1 aliphatic heterocycles. The summed E-state index contributed by atoms with van der Waals surface area (Å²) in [6, 6.07) is 17.9.